The minimum Gasteiger partial charge on any atom is -0.480 e. The van der Waals surface area contributed by atoms with Gasteiger partial charge in [0.25, 0.3) is 0 Å². The smallest absolute Gasteiger partial charge is 0.325 e. The number of esters is 1. The first-order valence-electron chi connectivity index (χ1n) is 19.3. The first kappa shape index (κ1) is 49.9. The maximum atomic E-state index is 17.5. The summed E-state index contributed by atoms with van der Waals surface area (Å²) in [5.74, 6) is -4.22. The molecule has 1 aromatic heterocycles. The third-order valence-corrected chi connectivity index (χ3v) is 14.9. The fourth-order valence-corrected chi connectivity index (χ4v) is 11.5. The molecule has 22 heteroatoms. The lowest BCUT2D eigenvalue weighted by atomic mass is 10.2. The van der Waals surface area contributed by atoms with E-state index >= 15 is 4.11 Å². The van der Waals surface area contributed by atoms with E-state index in [1.165, 1.54) is 7.11 Å². The van der Waals surface area contributed by atoms with Gasteiger partial charge in [0.15, 0.2) is 0 Å². The highest BCUT2D eigenvalue weighted by molar-refractivity contribution is 6.90. The number of hydrogen-bond acceptors (Lipinski definition) is 14. The molecule has 1 aliphatic heterocycles. The SMILES string of the molecule is COC(=O)CNC(=O)CNc1cc([Si](F)(C(C)(C)C)C(C)(C)C)n(CCOCCNC(=O)CN2CCN(CC(=O)O)CCN(CC(=O)O)CCN(CC(=O)O)CC2)n1. The number of carboxylic acids is 3. The van der Waals surface area contributed by atoms with Crippen molar-refractivity contribution < 1.29 is 57.7 Å². The topological polar surface area (TPSA) is 248 Å². The number of carbonyl (C=O) groups excluding carboxylic acids is 3. The Morgan fingerprint density at radius 1 is 0.707 bits per heavy atom. The summed E-state index contributed by atoms with van der Waals surface area (Å²) in [6.07, 6.45) is 0. The monoisotopic (exact) mass is 845 g/mol. The van der Waals surface area contributed by atoms with E-state index in [2.05, 4.69) is 25.8 Å². The quantitative estimate of drug-likeness (QED) is 0.0395. The van der Waals surface area contributed by atoms with E-state index in [-0.39, 0.29) is 117 Å². The van der Waals surface area contributed by atoms with Gasteiger partial charge >= 0.3 is 32.3 Å². The third-order valence-electron chi connectivity index (χ3n) is 9.68. The molecule has 2 amide bonds. The lowest BCUT2D eigenvalue weighted by Gasteiger charge is -2.44. The lowest BCUT2D eigenvalue weighted by Crippen LogP contribution is -2.60. The van der Waals surface area contributed by atoms with Gasteiger partial charge in [0, 0.05) is 65.0 Å². The maximum absolute atomic E-state index is 17.5. The van der Waals surface area contributed by atoms with Crippen molar-refractivity contribution in [3.8, 4) is 0 Å². The Morgan fingerprint density at radius 3 is 1.57 bits per heavy atom. The van der Waals surface area contributed by atoms with E-state index in [0.29, 0.717) is 18.4 Å². The molecule has 0 unspecified atom stereocenters. The van der Waals surface area contributed by atoms with Gasteiger partial charge in [-0.15, -0.1) is 0 Å². The number of amides is 2. The first-order valence-corrected chi connectivity index (χ1v) is 21.2. The Kier molecular flexibility index (Phi) is 20.1. The Morgan fingerprint density at radius 2 is 1.16 bits per heavy atom. The summed E-state index contributed by atoms with van der Waals surface area (Å²) in [6, 6.07) is 1.63. The molecule has 2 heterocycles. The number of aromatic nitrogens is 2. The van der Waals surface area contributed by atoms with Crippen molar-refractivity contribution in [2.75, 3.05) is 124 Å². The van der Waals surface area contributed by atoms with E-state index in [9.17, 15) is 44.1 Å². The van der Waals surface area contributed by atoms with Gasteiger partial charge < -0.3 is 44.9 Å². The molecule has 20 nitrogen and oxygen atoms in total. The summed E-state index contributed by atoms with van der Waals surface area (Å²) >= 11 is 0. The van der Waals surface area contributed by atoms with Crippen LogP contribution >= 0.6 is 0 Å². The van der Waals surface area contributed by atoms with Crippen LogP contribution in [0.4, 0.5) is 9.93 Å². The predicted octanol–water partition coefficient (Wildman–Crippen LogP) is -1.09. The summed E-state index contributed by atoms with van der Waals surface area (Å²) < 4.78 is 29.4. The van der Waals surface area contributed by atoms with Crippen LogP contribution in [0.2, 0.25) is 10.1 Å². The number of methoxy groups -OCH3 is 1. The Hall–Kier alpha value is -4.22. The normalized spacial score (nSPS) is 16.1. The molecule has 330 valence electrons. The minimum absolute atomic E-state index is 0.0388. The Balaban J connectivity index is 2.06. The van der Waals surface area contributed by atoms with Crippen molar-refractivity contribution >= 4 is 55.2 Å². The van der Waals surface area contributed by atoms with Gasteiger partial charge in [-0.05, 0) is 10.1 Å². The molecule has 1 saturated heterocycles. The van der Waals surface area contributed by atoms with E-state index in [1.54, 1.807) is 25.4 Å². The first-order chi connectivity index (χ1) is 27.0. The maximum Gasteiger partial charge on any atom is 0.325 e. The summed E-state index contributed by atoms with van der Waals surface area (Å²) in [6.45, 7) is 12.7. The number of carbonyl (C=O) groups is 6. The van der Waals surface area contributed by atoms with E-state index in [1.807, 2.05) is 46.4 Å². The fraction of sp³-hybridized carbons (Fsp3) is 0.750. The van der Waals surface area contributed by atoms with E-state index < -0.39 is 48.3 Å². The van der Waals surface area contributed by atoms with E-state index in [0.717, 1.165) is 0 Å². The zero-order valence-electron chi connectivity index (χ0n) is 35.0. The van der Waals surface area contributed by atoms with Crippen LogP contribution in [-0.4, -0.2) is 207 Å². The van der Waals surface area contributed by atoms with Crippen molar-refractivity contribution in [3.05, 3.63) is 6.07 Å². The van der Waals surface area contributed by atoms with Crippen LogP contribution in [0.5, 0.6) is 0 Å². The van der Waals surface area contributed by atoms with Gasteiger partial charge in [-0.2, -0.15) is 5.10 Å². The zero-order valence-corrected chi connectivity index (χ0v) is 36.0. The second-order valence-electron chi connectivity index (χ2n) is 16.3. The van der Waals surface area contributed by atoms with Gasteiger partial charge in [-0.1, -0.05) is 41.5 Å². The second-order valence-corrected chi connectivity index (χ2v) is 21.1. The molecule has 0 radical (unpaired) electrons. The average molecular weight is 846 g/mol. The molecule has 0 spiro atoms. The molecule has 1 aromatic rings. The summed E-state index contributed by atoms with van der Waals surface area (Å²) in [7, 11) is -2.60. The van der Waals surface area contributed by atoms with Crippen molar-refractivity contribution in [1.29, 1.82) is 0 Å². The molecular formula is C36H64FN9O11Si. The van der Waals surface area contributed by atoms with E-state index in [4.69, 9.17) is 4.74 Å². The fourth-order valence-electron chi connectivity index (χ4n) is 6.88. The van der Waals surface area contributed by atoms with Crippen LogP contribution in [0.15, 0.2) is 6.07 Å². The van der Waals surface area contributed by atoms with Gasteiger partial charge in [-0.25, -0.2) is 0 Å². The number of hydrogen-bond donors (Lipinski definition) is 6. The Bertz CT molecular complexity index is 1490. The number of nitrogens with zero attached hydrogens (tertiary/aromatic N) is 6. The summed E-state index contributed by atoms with van der Waals surface area (Å²) in [4.78, 5) is 78.1. The molecule has 0 saturated carbocycles. The lowest BCUT2D eigenvalue weighted by molar-refractivity contribution is -0.141. The van der Waals surface area contributed by atoms with Crippen molar-refractivity contribution in [2.24, 2.45) is 0 Å². The number of rotatable bonds is 20. The average Bonchev–Trinajstić information content (AvgIpc) is 3.53. The largest absolute Gasteiger partial charge is 0.480 e. The van der Waals surface area contributed by atoms with Gasteiger partial charge in [0.2, 0.25) is 11.8 Å². The van der Waals surface area contributed by atoms with Crippen molar-refractivity contribution in [1.82, 2.24) is 40.0 Å². The zero-order chi connectivity index (χ0) is 43.7. The van der Waals surface area contributed by atoms with Crippen molar-refractivity contribution in [3.63, 3.8) is 0 Å². The standard InChI is InChI=1S/C36H64FN9O11Si/c1-35(2,3)58(37,36(4,5)6)30-20-27(39-21-28(47)40-22-34(55)56-7)41-46(30)17-19-57-18-8-38-29(48)23-42-9-11-43(24-31(49)50)13-15-45(26-33(53)54)16-14-44(12-10-42)25-32(51)52/h20H,8-19,21-26H2,1-7H3,(H,38,48)(H,39,41)(H,40,47)(H,49,50)(H,51,52)(H,53,54). The van der Waals surface area contributed by atoms with Gasteiger partial charge in [0.05, 0.1) is 64.9 Å². The van der Waals surface area contributed by atoms with Gasteiger partial charge in [-0.3, -0.25) is 53.0 Å². The molecule has 0 aliphatic carbocycles. The number of aliphatic carboxylic acids is 3. The van der Waals surface area contributed by atoms with Gasteiger partial charge in [0.1, 0.15) is 12.4 Å². The molecule has 1 aliphatic rings. The number of nitrogens with one attached hydrogen (secondary N) is 3. The number of anilines is 1. The molecular weight excluding hydrogens is 782 g/mol. The molecule has 0 bridgehead atoms. The highest BCUT2D eigenvalue weighted by Crippen LogP contribution is 2.51. The van der Waals surface area contributed by atoms with Crippen molar-refractivity contribution in [2.45, 2.75) is 58.2 Å². The summed E-state index contributed by atoms with van der Waals surface area (Å²) in [5, 5.41) is 40.0. The van der Waals surface area contributed by atoms with Crippen LogP contribution < -0.4 is 21.3 Å². The van der Waals surface area contributed by atoms with Crippen LogP contribution in [0, 0.1) is 0 Å². The molecule has 2 rings (SSSR count). The number of carboxylic acid groups (broad SMARTS) is 3. The predicted molar refractivity (Wildman–Crippen MR) is 214 cm³/mol. The molecule has 6 N–H and O–H groups in total. The van der Waals surface area contributed by atoms with Crippen LogP contribution in [-0.2, 0) is 44.8 Å². The molecule has 1 fully saturated rings. The summed E-state index contributed by atoms with van der Waals surface area (Å²) in [5.41, 5.74) is 0. The minimum atomic E-state index is -3.81. The highest BCUT2D eigenvalue weighted by atomic mass is 28.4. The molecule has 58 heavy (non-hydrogen) atoms. The molecule has 0 atom stereocenters. The second kappa shape index (κ2) is 23.4. The van der Waals surface area contributed by atoms with Crippen LogP contribution in [0.3, 0.4) is 0 Å². The van der Waals surface area contributed by atoms with Crippen LogP contribution in [0.25, 0.3) is 0 Å². The third kappa shape index (κ3) is 16.9. The highest BCUT2D eigenvalue weighted by Gasteiger charge is 2.58. The molecule has 0 aromatic carbocycles. The van der Waals surface area contributed by atoms with Crippen LogP contribution in [0.1, 0.15) is 41.5 Å². The number of halogens is 1. The Labute approximate surface area is 340 Å². The number of ether oxygens (including phenoxy) is 2.